The summed E-state index contributed by atoms with van der Waals surface area (Å²) < 4.78 is 0. The number of aliphatic hydroxyl groups is 1. The second-order valence-corrected chi connectivity index (χ2v) is 5.86. The summed E-state index contributed by atoms with van der Waals surface area (Å²) in [6, 6.07) is 0. The number of fused-ring (bicyclic) bond motifs is 1. The third-order valence-corrected chi connectivity index (χ3v) is 4.99. The molecular weight excluding hydrogens is 184 g/mol. The Labute approximate surface area is 93.3 Å². The molecule has 1 heteroatoms. The average molecular weight is 206 g/mol. The number of terminal acetylenes is 1. The molecule has 84 valence electrons. The summed E-state index contributed by atoms with van der Waals surface area (Å²) in [5, 5.41) is 9.94. The normalized spacial score (nSPS) is 50.5. The van der Waals surface area contributed by atoms with Crippen molar-refractivity contribution in [2.24, 2.45) is 23.2 Å². The zero-order valence-electron chi connectivity index (χ0n) is 9.87. The molecule has 0 spiro atoms. The quantitative estimate of drug-likeness (QED) is 0.604. The van der Waals surface area contributed by atoms with Gasteiger partial charge in [-0.2, -0.15) is 0 Å². The van der Waals surface area contributed by atoms with E-state index >= 15 is 0 Å². The molecule has 0 amide bonds. The number of hydrogen-bond acceptors (Lipinski definition) is 1. The Hall–Kier alpha value is -0.480. The van der Waals surface area contributed by atoms with Crippen molar-refractivity contribution >= 4 is 0 Å². The number of rotatable bonds is 0. The van der Waals surface area contributed by atoms with Gasteiger partial charge in [0.25, 0.3) is 0 Å². The molecule has 0 radical (unpaired) electrons. The standard InChI is InChI=1S/C14H22O/c1-4-11-5-7-14(3)8-6-13(15)10(2)12(14)9-11/h1,10-13,15H,5-9H2,2-3H3/t10-,11-,12-,13+,14+/m1/s1. The molecule has 0 heterocycles. The van der Waals surface area contributed by atoms with Crippen LogP contribution in [0.25, 0.3) is 0 Å². The van der Waals surface area contributed by atoms with E-state index in [2.05, 4.69) is 19.8 Å². The van der Waals surface area contributed by atoms with Gasteiger partial charge < -0.3 is 5.11 Å². The molecule has 0 saturated heterocycles. The molecular formula is C14H22O. The van der Waals surface area contributed by atoms with Crippen LogP contribution in [0.3, 0.4) is 0 Å². The number of aliphatic hydroxyl groups excluding tert-OH is 1. The molecule has 2 aliphatic carbocycles. The zero-order chi connectivity index (χ0) is 11.1. The van der Waals surface area contributed by atoms with Crippen LogP contribution in [0.5, 0.6) is 0 Å². The summed E-state index contributed by atoms with van der Waals surface area (Å²) in [7, 11) is 0. The molecule has 15 heavy (non-hydrogen) atoms. The second-order valence-electron chi connectivity index (χ2n) is 5.86. The van der Waals surface area contributed by atoms with Crippen molar-refractivity contribution in [3.63, 3.8) is 0 Å². The minimum atomic E-state index is -0.0976. The number of hydrogen-bond donors (Lipinski definition) is 1. The van der Waals surface area contributed by atoms with Gasteiger partial charge >= 0.3 is 0 Å². The summed E-state index contributed by atoms with van der Waals surface area (Å²) in [6.45, 7) is 4.60. The largest absolute Gasteiger partial charge is 0.393 e. The average Bonchev–Trinajstić information content (AvgIpc) is 2.24. The first-order chi connectivity index (χ1) is 7.07. The van der Waals surface area contributed by atoms with Crippen LogP contribution in [0.2, 0.25) is 0 Å². The summed E-state index contributed by atoms with van der Waals surface area (Å²) >= 11 is 0. The fraction of sp³-hybridized carbons (Fsp3) is 0.857. The topological polar surface area (TPSA) is 20.2 Å². The predicted molar refractivity (Wildman–Crippen MR) is 62.2 cm³/mol. The van der Waals surface area contributed by atoms with Crippen LogP contribution >= 0.6 is 0 Å². The molecule has 0 aromatic carbocycles. The highest BCUT2D eigenvalue weighted by Crippen LogP contribution is 2.53. The van der Waals surface area contributed by atoms with Gasteiger partial charge in [-0.1, -0.05) is 13.8 Å². The lowest BCUT2D eigenvalue weighted by atomic mass is 9.54. The molecule has 0 aromatic heterocycles. The van der Waals surface area contributed by atoms with Crippen molar-refractivity contribution in [3.05, 3.63) is 0 Å². The maximum absolute atomic E-state index is 9.94. The first-order valence-electron chi connectivity index (χ1n) is 6.21. The van der Waals surface area contributed by atoms with Crippen molar-refractivity contribution in [2.75, 3.05) is 0 Å². The summed E-state index contributed by atoms with van der Waals surface area (Å²) in [5.41, 5.74) is 0.450. The summed E-state index contributed by atoms with van der Waals surface area (Å²) in [5.74, 6) is 4.43. The van der Waals surface area contributed by atoms with Crippen molar-refractivity contribution in [1.29, 1.82) is 0 Å². The van der Waals surface area contributed by atoms with Crippen molar-refractivity contribution < 1.29 is 5.11 Å². The molecule has 1 N–H and O–H groups in total. The van der Waals surface area contributed by atoms with Crippen LogP contribution in [0, 0.1) is 35.5 Å². The van der Waals surface area contributed by atoms with Gasteiger partial charge in [0.1, 0.15) is 0 Å². The Balaban J connectivity index is 2.16. The fourth-order valence-corrected chi connectivity index (χ4v) is 3.72. The van der Waals surface area contributed by atoms with Crippen LogP contribution in [0.1, 0.15) is 46.0 Å². The lowest BCUT2D eigenvalue weighted by Gasteiger charge is -2.51. The zero-order valence-corrected chi connectivity index (χ0v) is 9.87. The van der Waals surface area contributed by atoms with Gasteiger partial charge in [-0.15, -0.1) is 12.3 Å². The van der Waals surface area contributed by atoms with E-state index in [-0.39, 0.29) is 6.10 Å². The second kappa shape index (κ2) is 3.83. The maximum Gasteiger partial charge on any atom is 0.0568 e. The van der Waals surface area contributed by atoms with Gasteiger partial charge in [-0.25, -0.2) is 0 Å². The molecule has 1 nitrogen and oxygen atoms in total. The van der Waals surface area contributed by atoms with Crippen LogP contribution in [0.4, 0.5) is 0 Å². The van der Waals surface area contributed by atoms with Crippen molar-refractivity contribution in [3.8, 4) is 12.3 Å². The van der Waals surface area contributed by atoms with E-state index in [0.717, 1.165) is 12.8 Å². The first-order valence-corrected chi connectivity index (χ1v) is 6.21. The third-order valence-electron chi connectivity index (χ3n) is 4.99. The molecule has 5 atom stereocenters. The highest BCUT2D eigenvalue weighted by Gasteiger charge is 2.46. The first kappa shape index (κ1) is 11.0. The van der Waals surface area contributed by atoms with Crippen molar-refractivity contribution in [1.82, 2.24) is 0 Å². The Bertz CT molecular complexity index is 278. The maximum atomic E-state index is 9.94. The predicted octanol–water partition coefficient (Wildman–Crippen LogP) is 2.83. The molecule has 0 bridgehead atoms. The van der Waals surface area contributed by atoms with Gasteiger partial charge in [0.05, 0.1) is 6.10 Å². The van der Waals surface area contributed by atoms with E-state index in [0.29, 0.717) is 23.2 Å². The Morgan fingerprint density at radius 2 is 2.00 bits per heavy atom. The van der Waals surface area contributed by atoms with Crippen LogP contribution < -0.4 is 0 Å². The minimum absolute atomic E-state index is 0.0976. The van der Waals surface area contributed by atoms with Gasteiger partial charge in [0.2, 0.25) is 0 Å². The van der Waals surface area contributed by atoms with Crippen LogP contribution in [0.15, 0.2) is 0 Å². The Kier molecular flexibility index (Phi) is 2.81. The van der Waals surface area contributed by atoms with Gasteiger partial charge in [-0.3, -0.25) is 0 Å². The highest BCUT2D eigenvalue weighted by molar-refractivity contribution is 5.03. The van der Waals surface area contributed by atoms with E-state index in [1.54, 1.807) is 0 Å². The van der Waals surface area contributed by atoms with Gasteiger partial charge in [0.15, 0.2) is 0 Å². The molecule has 2 saturated carbocycles. The minimum Gasteiger partial charge on any atom is -0.393 e. The van der Waals surface area contributed by atoms with E-state index in [4.69, 9.17) is 6.42 Å². The smallest absolute Gasteiger partial charge is 0.0568 e. The van der Waals surface area contributed by atoms with Crippen LogP contribution in [-0.4, -0.2) is 11.2 Å². The van der Waals surface area contributed by atoms with Gasteiger partial charge in [-0.05, 0) is 49.4 Å². The van der Waals surface area contributed by atoms with E-state index in [1.165, 1.54) is 19.3 Å². The van der Waals surface area contributed by atoms with E-state index in [1.807, 2.05) is 0 Å². The van der Waals surface area contributed by atoms with E-state index < -0.39 is 0 Å². The molecule has 2 rings (SSSR count). The molecule has 2 aliphatic rings. The molecule has 2 fully saturated rings. The van der Waals surface area contributed by atoms with Crippen LogP contribution in [-0.2, 0) is 0 Å². The molecule has 0 aromatic rings. The summed E-state index contributed by atoms with van der Waals surface area (Å²) in [4.78, 5) is 0. The monoisotopic (exact) mass is 206 g/mol. The molecule has 0 aliphatic heterocycles. The lowest BCUT2D eigenvalue weighted by molar-refractivity contribution is -0.0617. The fourth-order valence-electron chi connectivity index (χ4n) is 3.72. The van der Waals surface area contributed by atoms with Crippen molar-refractivity contribution in [2.45, 2.75) is 52.1 Å². The Morgan fingerprint density at radius 3 is 2.67 bits per heavy atom. The SMILES string of the molecule is C#C[C@@H]1CC[C@@]2(C)CC[C@H](O)[C@H](C)[C@H]2C1. The van der Waals surface area contributed by atoms with E-state index in [9.17, 15) is 5.11 Å². The molecule has 0 unspecified atom stereocenters. The highest BCUT2D eigenvalue weighted by atomic mass is 16.3. The van der Waals surface area contributed by atoms with Gasteiger partial charge in [0, 0.05) is 5.92 Å². The summed E-state index contributed by atoms with van der Waals surface area (Å²) in [6.07, 6.45) is 11.2. The third kappa shape index (κ3) is 1.81. The Morgan fingerprint density at radius 1 is 1.33 bits per heavy atom. The lowest BCUT2D eigenvalue weighted by Crippen LogP contribution is -2.46.